The van der Waals surface area contributed by atoms with E-state index in [2.05, 4.69) is 6.58 Å². The third kappa shape index (κ3) is 2.86. The molecule has 2 aliphatic rings. The van der Waals surface area contributed by atoms with E-state index in [0.717, 1.165) is 12.1 Å². The molecule has 0 bridgehead atoms. The minimum absolute atomic E-state index is 0.0152. The Bertz CT molecular complexity index is 748. The van der Waals surface area contributed by atoms with E-state index < -0.39 is 21.3 Å². The molecule has 0 aliphatic carbocycles. The fourth-order valence-electron chi connectivity index (χ4n) is 3.65. The molecular weight excluding hydrogens is 331 g/mol. The second-order valence-electron chi connectivity index (χ2n) is 6.47. The number of sulfonamides is 1. The van der Waals surface area contributed by atoms with Gasteiger partial charge in [0.15, 0.2) is 0 Å². The van der Waals surface area contributed by atoms with Gasteiger partial charge in [-0.1, -0.05) is 6.08 Å². The first-order valence-electron chi connectivity index (χ1n) is 8.05. The minimum Gasteiger partial charge on any atom is -0.338 e. The highest BCUT2D eigenvalue weighted by molar-refractivity contribution is 7.89. The third-order valence-electron chi connectivity index (χ3n) is 4.94. The number of halogens is 1. The smallest absolute Gasteiger partial charge is 0.243 e. The van der Waals surface area contributed by atoms with Crippen molar-refractivity contribution in [1.82, 2.24) is 9.21 Å². The van der Waals surface area contributed by atoms with Crippen LogP contribution in [0, 0.1) is 11.2 Å². The van der Waals surface area contributed by atoms with E-state index in [1.165, 1.54) is 16.4 Å². The molecule has 2 heterocycles. The third-order valence-corrected chi connectivity index (χ3v) is 6.80. The van der Waals surface area contributed by atoms with Gasteiger partial charge >= 0.3 is 0 Å². The summed E-state index contributed by atoms with van der Waals surface area (Å²) in [4.78, 5) is 14.5. The maximum atomic E-state index is 13.1. The maximum Gasteiger partial charge on any atom is 0.243 e. The van der Waals surface area contributed by atoms with E-state index in [1.54, 1.807) is 11.0 Å². The molecule has 1 amide bonds. The lowest BCUT2D eigenvalue weighted by Crippen LogP contribution is -2.49. The zero-order valence-electron chi connectivity index (χ0n) is 13.4. The van der Waals surface area contributed by atoms with Gasteiger partial charge in [0, 0.05) is 26.2 Å². The van der Waals surface area contributed by atoms with Gasteiger partial charge in [0.1, 0.15) is 5.82 Å². The van der Waals surface area contributed by atoms with Crippen LogP contribution in [0.2, 0.25) is 0 Å². The van der Waals surface area contributed by atoms with Crippen LogP contribution in [0.1, 0.15) is 19.3 Å². The molecule has 0 saturated carbocycles. The summed E-state index contributed by atoms with van der Waals surface area (Å²) in [5.41, 5.74) is -0.631. The Hall–Kier alpha value is -1.73. The van der Waals surface area contributed by atoms with Crippen molar-refractivity contribution in [2.45, 2.75) is 24.2 Å². The fourth-order valence-corrected chi connectivity index (χ4v) is 5.22. The number of hydrogen-bond donors (Lipinski definition) is 0. The highest BCUT2D eigenvalue weighted by Gasteiger charge is 2.50. The van der Waals surface area contributed by atoms with Crippen LogP contribution >= 0.6 is 0 Å². The lowest BCUT2D eigenvalue weighted by atomic mass is 9.79. The number of likely N-dealkylation sites (tertiary alicyclic amines) is 1. The van der Waals surface area contributed by atoms with Crippen LogP contribution in [0.3, 0.4) is 0 Å². The van der Waals surface area contributed by atoms with Gasteiger partial charge in [-0.3, -0.25) is 4.79 Å². The van der Waals surface area contributed by atoms with E-state index >= 15 is 0 Å². The summed E-state index contributed by atoms with van der Waals surface area (Å²) in [6.07, 6.45) is 3.70. The van der Waals surface area contributed by atoms with Crippen LogP contribution in [0.5, 0.6) is 0 Å². The Labute approximate surface area is 141 Å². The zero-order valence-corrected chi connectivity index (χ0v) is 14.3. The zero-order chi connectivity index (χ0) is 17.4. The molecule has 5 nitrogen and oxygen atoms in total. The summed E-state index contributed by atoms with van der Waals surface area (Å²) < 4.78 is 40.1. The average Bonchev–Trinajstić information content (AvgIpc) is 2.85. The Morgan fingerprint density at radius 2 is 1.92 bits per heavy atom. The van der Waals surface area contributed by atoms with Crippen molar-refractivity contribution in [3.05, 3.63) is 42.7 Å². The summed E-state index contributed by atoms with van der Waals surface area (Å²) in [6.45, 7) is 5.37. The first kappa shape index (κ1) is 17.1. The highest BCUT2D eigenvalue weighted by atomic mass is 32.2. The second-order valence-corrected chi connectivity index (χ2v) is 8.40. The highest BCUT2D eigenvalue weighted by Crippen LogP contribution is 2.41. The van der Waals surface area contributed by atoms with Crippen LogP contribution in [-0.2, 0) is 14.8 Å². The summed E-state index contributed by atoms with van der Waals surface area (Å²) in [7, 11) is -3.72. The Morgan fingerprint density at radius 3 is 2.58 bits per heavy atom. The van der Waals surface area contributed by atoms with E-state index in [-0.39, 0.29) is 17.3 Å². The Balaban J connectivity index is 1.84. The topological polar surface area (TPSA) is 57.7 Å². The van der Waals surface area contributed by atoms with Gasteiger partial charge in [0.25, 0.3) is 0 Å². The van der Waals surface area contributed by atoms with Crippen LogP contribution < -0.4 is 0 Å². The molecule has 3 rings (SSSR count). The number of carbonyl (C=O) groups excluding carboxylic acids is 1. The van der Waals surface area contributed by atoms with Gasteiger partial charge in [0.2, 0.25) is 15.9 Å². The molecule has 2 aliphatic heterocycles. The molecule has 130 valence electrons. The molecule has 24 heavy (non-hydrogen) atoms. The molecule has 1 unspecified atom stereocenters. The molecule has 2 fully saturated rings. The van der Waals surface area contributed by atoms with Gasteiger partial charge in [-0.2, -0.15) is 4.31 Å². The summed E-state index contributed by atoms with van der Waals surface area (Å²) >= 11 is 0. The van der Waals surface area contributed by atoms with E-state index in [4.69, 9.17) is 0 Å². The molecule has 2 saturated heterocycles. The van der Waals surface area contributed by atoms with Crippen molar-refractivity contribution >= 4 is 15.9 Å². The van der Waals surface area contributed by atoms with E-state index in [0.29, 0.717) is 38.9 Å². The van der Waals surface area contributed by atoms with E-state index in [1.807, 2.05) is 0 Å². The predicted octanol–water partition coefficient (Wildman–Crippen LogP) is 2.01. The van der Waals surface area contributed by atoms with Gasteiger partial charge in [-0.15, -0.1) is 6.58 Å². The maximum absolute atomic E-state index is 13.1. The lowest BCUT2D eigenvalue weighted by Gasteiger charge is -2.38. The Kier molecular flexibility index (Phi) is 4.48. The molecule has 0 N–H and O–H groups in total. The van der Waals surface area contributed by atoms with Crippen molar-refractivity contribution < 1.29 is 17.6 Å². The Morgan fingerprint density at radius 1 is 1.21 bits per heavy atom. The van der Waals surface area contributed by atoms with Crippen molar-refractivity contribution in [2.24, 2.45) is 5.41 Å². The first-order chi connectivity index (χ1) is 11.4. The van der Waals surface area contributed by atoms with Crippen LogP contribution in [0.15, 0.2) is 41.8 Å². The van der Waals surface area contributed by atoms with Gasteiger partial charge < -0.3 is 4.90 Å². The van der Waals surface area contributed by atoms with Gasteiger partial charge in [0.05, 0.1) is 10.3 Å². The average molecular weight is 352 g/mol. The van der Waals surface area contributed by atoms with Crippen molar-refractivity contribution in [3.63, 3.8) is 0 Å². The van der Waals surface area contributed by atoms with Crippen molar-refractivity contribution in [1.29, 1.82) is 0 Å². The summed E-state index contributed by atoms with van der Waals surface area (Å²) in [5.74, 6) is -0.462. The lowest BCUT2D eigenvalue weighted by molar-refractivity contribution is -0.137. The predicted molar refractivity (Wildman–Crippen MR) is 88.2 cm³/mol. The van der Waals surface area contributed by atoms with Crippen molar-refractivity contribution in [2.75, 3.05) is 26.2 Å². The van der Waals surface area contributed by atoms with Gasteiger partial charge in [-0.05, 0) is 43.5 Å². The molecular formula is C17H21FN2O3S. The molecule has 1 aromatic carbocycles. The molecule has 7 heteroatoms. The summed E-state index contributed by atoms with van der Waals surface area (Å²) in [5, 5.41) is 0. The minimum atomic E-state index is -3.72. The standard InChI is InChI=1S/C17H21FN2O3S/c1-2-10-19-12-9-17(16(19)21)8-3-11-20(13-17)24(22,23)15-6-4-14(18)5-7-15/h2,4-7H,1,3,8-13H2. The summed E-state index contributed by atoms with van der Waals surface area (Å²) in [6, 6.07) is 4.82. The number of benzene rings is 1. The second kappa shape index (κ2) is 6.29. The largest absolute Gasteiger partial charge is 0.338 e. The number of amides is 1. The van der Waals surface area contributed by atoms with Gasteiger partial charge in [-0.25, -0.2) is 12.8 Å². The molecule has 0 radical (unpaired) electrons. The number of nitrogens with zero attached hydrogens (tertiary/aromatic N) is 2. The normalized spacial score (nSPS) is 25.4. The van der Waals surface area contributed by atoms with Crippen LogP contribution in [-0.4, -0.2) is 49.7 Å². The first-order valence-corrected chi connectivity index (χ1v) is 9.49. The molecule has 0 aromatic heterocycles. The number of carbonyl (C=O) groups is 1. The van der Waals surface area contributed by atoms with Crippen LogP contribution in [0.4, 0.5) is 4.39 Å². The van der Waals surface area contributed by atoms with E-state index in [9.17, 15) is 17.6 Å². The number of rotatable bonds is 4. The van der Waals surface area contributed by atoms with Crippen LogP contribution in [0.25, 0.3) is 0 Å². The quantitative estimate of drug-likeness (QED) is 0.779. The fraction of sp³-hybridized carbons (Fsp3) is 0.471. The molecule has 1 atom stereocenters. The number of piperidine rings is 1. The number of hydrogen-bond acceptors (Lipinski definition) is 3. The van der Waals surface area contributed by atoms with Crippen molar-refractivity contribution in [3.8, 4) is 0 Å². The monoisotopic (exact) mass is 352 g/mol. The molecule has 1 spiro atoms. The SMILES string of the molecule is C=CCN1CCC2(CCCN(S(=O)(=O)c3ccc(F)cc3)C2)C1=O. The molecule has 1 aromatic rings.